The van der Waals surface area contributed by atoms with Gasteiger partial charge in [0.15, 0.2) is 11.5 Å². The Morgan fingerprint density at radius 3 is 2.46 bits per heavy atom. The fourth-order valence-corrected chi connectivity index (χ4v) is 2.45. The number of alkyl halides is 3. The van der Waals surface area contributed by atoms with Crippen LogP contribution in [0.1, 0.15) is 16.1 Å². The number of benzene rings is 2. The van der Waals surface area contributed by atoms with Gasteiger partial charge in [0.2, 0.25) is 0 Å². The minimum absolute atomic E-state index is 0.0264. The van der Waals surface area contributed by atoms with Gasteiger partial charge in [0.25, 0.3) is 5.91 Å². The van der Waals surface area contributed by atoms with Crippen LogP contribution in [-0.4, -0.2) is 16.2 Å². The largest absolute Gasteiger partial charge is 0.508 e. The summed E-state index contributed by atoms with van der Waals surface area (Å²) in [7, 11) is 0. The Morgan fingerprint density at radius 2 is 1.85 bits per heavy atom. The molecule has 2 N–H and O–H groups in total. The second-order valence-electron chi connectivity index (χ2n) is 5.25. The first kappa shape index (κ1) is 17.8. The Kier molecular flexibility index (Phi) is 4.60. The van der Waals surface area contributed by atoms with Crippen molar-refractivity contribution in [1.29, 1.82) is 0 Å². The second kappa shape index (κ2) is 6.72. The average Bonchev–Trinajstić information content (AvgIpc) is 2.96. The number of aromatic nitrogens is 1. The van der Waals surface area contributed by atoms with E-state index in [0.717, 1.165) is 12.1 Å². The van der Waals surface area contributed by atoms with Crippen molar-refractivity contribution in [2.75, 3.05) is 5.32 Å². The van der Waals surface area contributed by atoms with Crippen LogP contribution in [0.3, 0.4) is 0 Å². The molecule has 0 saturated carbocycles. The minimum atomic E-state index is -4.46. The molecule has 134 valence electrons. The van der Waals surface area contributed by atoms with Gasteiger partial charge in [0.05, 0.1) is 5.56 Å². The van der Waals surface area contributed by atoms with Gasteiger partial charge < -0.3 is 14.9 Å². The van der Waals surface area contributed by atoms with Crippen molar-refractivity contribution >= 4 is 23.2 Å². The van der Waals surface area contributed by atoms with Crippen molar-refractivity contribution in [2.45, 2.75) is 6.18 Å². The van der Waals surface area contributed by atoms with Crippen molar-refractivity contribution in [3.63, 3.8) is 0 Å². The number of halogens is 4. The first-order chi connectivity index (χ1) is 12.3. The molecule has 0 saturated heterocycles. The number of amides is 1. The van der Waals surface area contributed by atoms with E-state index in [4.69, 9.17) is 16.1 Å². The lowest BCUT2D eigenvalue weighted by atomic mass is 10.1. The third kappa shape index (κ3) is 3.65. The summed E-state index contributed by atoms with van der Waals surface area (Å²) in [6.07, 6.45) is -4.46. The Hall–Kier alpha value is -3.00. The molecule has 1 aromatic heterocycles. The lowest BCUT2D eigenvalue weighted by Crippen LogP contribution is -2.12. The third-order valence-corrected chi connectivity index (χ3v) is 3.78. The summed E-state index contributed by atoms with van der Waals surface area (Å²) in [4.78, 5) is 12.2. The maximum atomic E-state index is 12.6. The lowest BCUT2D eigenvalue weighted by molar-refractivity contribution is -0.137. The first-order valence-corrected chi connectivity index (χ1v) is 7.56. The average molecular weight is 383 g/mol. The molecule has 0 unspecified atom stereocenters. The summed E-state index contributed by atoms with van der Waals surface area (Å²) in [5, 5.41) is 15.3. The number of anilines is 1. The topological polar surface area (TPSA) is 75.4 Å². The van der Waals surface area contributed by atoms with E-state index in [9.17, 15) is 23.1 Å². The molecule has 0 aliphatic heterocycles. The van der Waals surface area contributed by atoms with E-state index in [2.05, 4.69) is 10.5 Å². The maximum absolute atomic E-state index is 12.6. The third-order valence-electron chi connectivity index (χ3n) is 3.43. The maximum Gasteiger partial charge on any atom is 0.416 e. The molecule has 0 spiro atoms. The van der Waals surface area contributed by atoms with E-state index >= 15 is 0 Å². The zero-order valence-electron chi connectivity index (χ0n) is 12.8. The SMILES string of the molecule is O=C(Nc1cccc(O)c1)c1noc(-c2ccc(C(F)(F)F)cc2)c1Cl. The zero-order chi connectivity index (χ0) is 18.9. The molecule has 0 aliphatic carbocycles. The highest BCUT2D eigenvalue weighted by Gasteiger charge is 2.30. The molecule has 0 radical (unpaired) electrons. The van der Waals surface area contributed by atoms with Gasteiger partial charge in [-0.25, -0.2) is 0 Å². The molecule has 5 nitrogen and oxygen atoms in total. The molecule has 1 heterocycles. The van der Waals surface area contributed by atoms with Gasteiger partial charge in [-0.1, -0.05) is 35.0 Å². The number of hydrogen-bond donors (Lipinski definition) is 2. The number of hydrogen-bond acceptors (Lipinski definition) is 4. The van der Waals surface area contributed by atoms with Gasteiger partial charge in [-0.15, -0.1) is 0 Å². The summed E-state index contributed by atoms with van der Waals surface area (Å²) in [5.74, 6) is -0.761. The number of carbonyl (C=O) groups excluding carboxylic acids is 1. The quantitative estimate of drug-likeness (QED) is 0.670. The molecular formula is C17H10ClF3N2O3. The van der Waals surface area contributed by atoms with E-state index in [-0.39, 0.29) is 27.8 Å². The van der Waals surface area contributed by atoms with Crippen molar-refractivity contribution < 1.29 is 27.6 Å². The minimum Gasteiger partial charge on any atom is -0.508 e. The second-order valence-corrected chi connectivity index (χ2v) is 5.63. The van der Waals surface area contributed by atoms with Crippen LogP contribution in [-0.2, 0) is 6.18 Å². The van der Waals surface area contributed by atoms with Crippen LogP contribution in [0, 0.1) is 0 Å². The fourth-order valence-electron chi connectivity index (χ4n) is 2.18. The van der Waals surface area contributed by atoms with Crippen molar-refractivity contribution in [3.8, 4) is 17.1 Å². The summed E-state index contributed by atoms with van der Waals surface area (Å²) >= 11 is 6.09. The summed E-state index contributed by atoms with van der Waals surface area (Å²) in [6, 6.07) is 9.93. The standard InChI is InChI=1S/C17H10ClF3N2O3/c18-13-14(16(25)22-11-2-1-3-12(24)8-11)23-26-15(13)9-4-6-10(7-5-9)17(19,20)21/h1-8,24H,(H,22,25). The van der Waals surface area contributed by atoms with Crippen LogP contribution in [0.15, 0.2) is 53.1 Å². The lowest BCUT2D eigenvalue weighted by Gasteiger charge is -2.06. The highest BCUT2D eigenvalue weighted by atomic mass is 35.5. The smallest absolute Gasteiger partial charge is 0.416 e. The Morgan fingerprint density at radius 1 is 1.15 bits per heavy atom. The molecular weight excluding hydrogens is 373 g/mol. The van der Waals surface area contributed by atoms with Gasteiger partial charge in [0, 0.05) is 17.3 Å². The van der Waals surface area contributed by atoms with Gasteiger partial charge in [-0.2, -0.15) is 13.2 Å². The normalized spacial score (nSPS) is 11.4. The van der Waals surface area contributed by atoms with Crippen LogP contribution in [0.4, 0.5) is 18.9 Å². The number of rotatable bonds is 3. The number of phenolic OH excluding ortho intramolecular Hbond substituents is 1. The summed E-state index contributed by atoms with van der Waals surface area (Å²) in [6.45, 7) is 0. The zero-order valence-corrected chi connectivity index (χ0v) is 13.6. The van der Waals surface area contributed by atoms with E-state index in [0.29, 0.717) is 5.69 Å². The van der Waals surface area contributed by atoms with Crippen molar-refractivity contribution in [3.05, 3.63) is 64.8 Å². The molecule has 26 heavy (non-hydrogen) atoms. The van der Waals surface area contributed by atoms with E-state index < -0.39 is 17.6 Å². The summed E-state index contributed by atoms with van der Waals surface area (Å²) < 4.78 is 42.9. The van der Waals surface area contributed by atoms with Crippen LogP contribution < -0.4 is 5.32 Å². The van der Waals surface area contributed by atoms with Crippen molar-refractivity contribution in [1.82, 2.24) is 5.16 Å². The molecule has 1 amide bonds. The fraction of sp³-hybridized carbons (Fsp3) is 0.0588. The molecule has 0 bridgehead atoms. The molecule has 3 aromatic rings. The van der Waals surface area contributed by atoms with Crippen LogP contribution in [0.5, 0.6) is 5.75 Å². The molecule has 9 heteroatoms. The van der Waals surface area contributed by atoms with Gasteiger partial charge in [-0.3, -0.25) is 4.79 Å². The van der Waals surface area contributed by atoms with Gasteiger partial charge in [-0.05, 0) is 24.3 Å². The monoisotopic (exact) mass is 382 g/mol. The van der Waals surface area contributed by atoms with Gasteiger partial charge >= 0.3 is 6.18 Å². The van der Waals surface area contributed by atoms with E-state index in [1.807, 2.05) is 0 Å². The molecule has 2 aromatic carbocycles. The summed E-state index contributed by atoms with van der Waals surface area (Å²) in [5.41, 5.74) is -0.499. The number of nitrogens with one attached hydrogen (secondary N) is 1. The Labute approximate surface area is 150 Å². The van der Waals surface area contributed by atoms with Crippen LogP contribution in [0.2, 0.25) is 5.02 Å². The number of aromatic hydroxyl groups is 1. The van der Waals surface area contributed by atoms with Crippen LogP contribution in [0.25, 0.3) is 11.3 Å². The molecule has 0 aliphatic rings. The number of phenols is 1. The number of nitrogens with zero attached hydrogens (tertiary/aromatic N) is 1. The number of carbonyl (C=O) groups is 1. The van der Waals surface area contributed by atoms with Crippen LogP contribution >= 0.6 is 11.6 Å². The van der Waals surface area contributed by atoms with Gasteiger partial charge in [0.1, 0.15) is 10.8 Å². The van der Waals surface area contributed by atoms with Crippen molar-refractivity contribution in [2.24, 2.45) is 0 Å². The molecule has 0 fully saturated rings. The Balaban J connectivity index is 1.84. The molecule has 3 rings (SSSR count). The van der Waals surface area contributed by atoms with E-state index in [1.54, 1.807) is 6.07 Å². The first-order valence-electron chi connectivity index (χ1n) is 7.19. The highest BCUT2D eigenvalue weighted by Crippen LogP contribution is 2.34. The predicted molar refractivity (Wildman–Crippen MR) is 88.0 cm³/mol. The predicted octanol–water partition coefficient (Wildman–Crippen LogP) is 4.97. The van der Waals surface area contributed by atoms with E-state index in [1.165, 1.54) is 30.3 Å². The highest BCUT2D eigenvalue weighted by molar-refractivity contribution is 6.36. The Bertz CT molecular complexity index is 953. The molecule has 0 atom stereocenters.